The van der Waals surface area contributed by atoms with E-state index in [0.717, 1.165) is 34.0 Å². The fourth-order valence-electron chi connectivity index (χ4n) is 3.73. The highest BCUT2D eigenvalue weighted by Gasteiger charge is 2.54. The van der Waals surface area contributed by atoms with Gasteiger partial charge in [-0.2, -0.15) is 0 Å². The molecule has 3 rings (SSSR count). The number of hydrogen-bond acceptors (Lipinski definition) is 11. The zero-order valence-electron chi connectivity index (χ0n) is 20.0. The van der Waals surface area contributed by atoms with Gasteiger partial charge in [-0.25, -0.2) is 18.2 Å². The third-order valence-corrected chi connectivity index (χ3v) is 5.08. The summed E-state index contributed by atoms with van der Waals surface area (Å²) in [6.07, 6.45) is -4.73. The minimum Gasteiger partial charge on any atom is -0.463 e. The van der Waals surface area contributed by atoms with Crippen molar-refractivity contribution in [1.29, 1.82) is 0 Å². The molecule has 1 fully saturated rings. The van der Waals surface area contributed by atoms with E-state index < -0.39 is 78.5 Å². The van der Waals surface area contributed by atoms with Gasteiger partial charge in [0, 0.05) is 33.3 Å². The van der Waals surface area contributed by atoms with E-state index in [-0.39, 0.29) is 17.1 Å². The Morgan fingerprint density at radius 1 is 0.865 bits per heavy atom. The van der Waals surface area contributed by atoms with Crippen molar-refractivity contribution >= 4 is 23.9 Å². The van der Waals surface area contributed by atoms with Gasteiger partial charge >= 0.3 is 23.9 Å². The van der Waals surface area contributed by atoms with E-state index in [1.54, 1.807) is 0 Å². The molecule has 1 aliphatic heterocycles. The molecule has 5 atom stereocenters. The zero-order chi connectivity index (χ0) is 27.4. The van der Waals surface area contributed by atoms with E-state index in [9.17, 15) is 32.3 Å². The van der Waals surface area contributed by atoms with Crippen molar-refractivity contribution in [2.75, 3.05) is 6.61 Å². The molecule has 0 N–H and O–H groups in total. The maximum atomic E-state index is 13.8. The quantitative estimate of drug-likeness (QED) is 0.297. The topological polar surface area (TPSA) is 140 Å². The zero-order valence-corrected chi connectivity index (χ0v) is 20.0. The second-order valence-electron chi connectivity index (χ2n) is 7.95. The molecule has 11 nitrogen and oxygen atoms in total. The lowest BCUT2D eigenvalue weighted by Crippen LogP contribution is -2.58. The number of benzene rings is 1. The van der Waals surface area contributed by atoms with E-state index in [1.807, 2.05) is 0 Å². The third-order valence-electron chi connectivity index (χ3n) is 5.08. The molecule has 1 aromatic carbocycles. The highest BCUT2D eigenvalue weighted by Crippen LogP contribution is 2.39. The van der Waals surface area contributed by atoms with Crippen LogP contribution in [0.2, 0.25) is 0 Å². The number of nitrogens with zero attached hydrogens (tertiary/aromatic N) is 1. The van der Waals surface area contributed by atoms with Gasteiger partial charge in [0.15, 0.2) is 23.6 Å². The summed E-state index contributed by atoms with van der Waals surface area (Å²) in [5.74, 6) is -9.43. The summed E-state index contributed by atoms with van der Waals surface area (Å²) in [6.45, 7) is 3.83. The minimum atomic E-state index is -1.68. The molecule has 1 aromatic heterocycles. The molecule has 1 saturated heterocycles. The summed E-state index contributed by atoms with van der Waals surface area (Å²) in [5, 5.41) is 0. The molecule has 0 spiro atoms. The molecule has 0 amide bonds. The predicted octanol–water partition coefficient (Wildman–Crippen LogP) is 2.56. The van der Waals surface area contributed by atoms with Crippen LogP contribution in [0.25, 0.3) is 11.3 Å². The van der Waals surface area contributed by atoms with Gasteiger partial charge in [0.2, 0.25) is 12.2 Å². The largest absolute Gasteiger partial charge is 0.463 e. The van der Waals surface area contributed by atoms with Crippen LogP contribution in [-0.2, 0) is 42.9 Å². The van der Waals surface area contributed by atoms with Crippen LogP contribution < -0.4 is 0 Å². The van der Waals surface area contributed by atoms with Crippen LogP contribution in [0.1, 0.15) is 39.5 Å². The van der Waals surface area contributed by atoms with E-state index >= 15 is 0 Å². The summed E-state index contributed by atoms with van der Waals surface area (Å²) < 4.78 is 73.0. The van der Waals surface area contributed by atoms with Crippen molar-refractivity contribution in [3.05, 3.63) is 41.7 Å². The van der Waals surface area contributed by atoms with E-state index in [1.165, 1.54) is 0 Å². The number of halogens is 3. The third kappa shape index (κ3) is 6.64. The first-order chi connectivity index (χ1) is 17.4. The molecular formula is C23H22F3NO10. The molecule has 0 unspecified atom stereocenters. The van der Waals surface area contributed by atoms with Crippen LogP contribution in [0.4, 0.5) is 13.2 Å². The van der Waals surface area contributed by atoms with Crippen LogP contribution in [-0.4, -0.2) is 60.1 Å². The summed E-state index contributed by atoms with van der Waals surface area (Å²) in [5.41, 5.74) is -0.345. The maximum absolute atomic E-state index is 13.8. The minimum absolute atomic E-state index is 0.150. The van der Waals surface area contributed by atoms with Gasteiger partial charge < -0.3 is 28.1 Å². The Morgan fingerprint density at radius 2 is 1.43 bits per heavy atom. The normalized spacial score (nSPS) is 23.2. The van der Waals surface area contributed by atoms with Crippen LogP contribution in [0.3, 0.4) is 0 Å². The van der Waals surface area contributed by atoms with Crippen LogP contribution in [0.5, 0.6) is 0 Å². The predicted molar refractivity (Wildman–Crippen MR) is 113 cm³/mol. The van der Waals surface area contributed by atoms with E-state index in [2.05, 4.69) is 4.98 Å². The van der Waals surface area contributed by atoms with Crippen molar-refractivity contribution in [2.24, 2.45) is 0 Å². The number of hydrogen-bond donors (Lipinski definition) is 0. The van der Waals surface area contributed by atoms with Crippen LogP contribution >= 0.6 is 0 Å². The Hall–Kier alpha value is -3.94. The van der Waals surface area contributed by atoms with E-state index in [0.29, 0.717) is 12.1 Å². The fraction of sp³-hybridized carbons (Fsp3) is 0.435. The molecule has 14 heteroatoms. The summed E-state index contributed by atoms with van der Waals surface area (Å²) >= 11 is 0. The van der Waals surface area contributed by atoms with Crippen molar-refractivity contribution in [3.8, 4) is 11.3 Å². The van der Waals surface area contributed by atoms with Crippen LogP contribution in [0, 0.1) is 17.5 Å². The first-order valence-electron chi connectivity index (χ1n) is 10.8. The second kappa shape index (κ2) is 11.4. The van der Waals surface area contributed by atoms with Gasteiger partial charge in [0.1, 0.15) is 36.7 Å². The Balaban J connectivity index is 2.12. The van der Waals surface area contributed by atoms with Crippen molar-refractivity contribution in [1.82, 2.24) is 4.98 Å². The molecule has 0 bridgehead atoms. The first-order valence-corrected chi connectivity index (χ1v) is 10.8. The second-order valence-corrected chi connectivity index (χ2v) is 7.95. The number of aromatic nitrogens is 1. The van der Waals surface area contributed by atoms with Crippen molar-refractivity contribution in [2.45, 2.75) is 58.2 Å². The molecule has 2 heterocycles. The first kappa shape index (κ1) is 27.6. The number of ether oxygens (including phenoxy) is 5. The highest BCUT2D eigenvalue weighted by atomic mass is 19.2. The highest BCUT2D eigenvalue weighted by molar-refractivity contribution is 5.68. The molecule has 0 aliphatic carbocycles. The molecular weight excluding hydrogens is 507 g/mol. The van der Waals surface area contributed by atoms with E-state index in [4.69, 9.17) is 28.1 Å². The molecule has 2 aromatic rings. The lowest BCUT2D eigenvalue weighted by Gasteiger charge is -2.43. The average Bonchev–Trinajstić information content (AvgIpc) is 3.26. The maximum Gasteiger partial charge on any atom is 0.305 e. The Morgan fingerprint density at radius 3 is 1.97 bits per heavy atom. The molecule has 37 heavy (non-hydrogen) atoms. The summed E-state index contributed by atoms with van der Waals surface area (Å²) in [6, 6.07) is 1.37. The lowest BCUT2D eigenvalue weighted by atomic mass is 9.88. The van der Waals surface area contributed by atoms with Crippen molar-refractivity contribution < 1.29 is 60.5 Å². The number of oxazole rings is 1. The molecule has 0 radical (unpaired) electrons. The lowest BCUT2D eigenvalue weighted by molar-refractivity contribution is -0.278. The van der Waals surface area contributed by atoms with Gasteiger partial charge in [0.25, 0.3) is 0 Å². The number of carbonyl (C=O) groups is 4. The average molecular weight is 529 g/mol. The summed E-state index contributed by atoms with van der Waals surface area (Å²) in [7, 11) is 0. The number of rotatable bonds is 7. The van der Waals surface area contributed by atoms with Gasteiger partial charge in [-0.1, -0.05) is 0 Å². The fourth-order valence-corrected chi connectivity index (χ4v) is 3.73. The smallest absolute Gasteiger partial charge is 0.305 e. The monoisotopic (exact) mass is 529 g/mol. The molecule has 1 aliphatic rings. The van der Waals surface area contributed by atoms with Crippen LogP contribution in [0.15, 0.2) is 22.8 Å². The SMILES string of the molecule is CC(=O)OC[C@H]1O[C@H](OC(C)=O)[C@H](OC(C)=O)[C@@H](c2nc(-c3cc(F)c(F)c(F)c3)co2)[C@H]1OC(C)=O. The number of carbonyl (C=O) groups excluding carboxylic acids is 4. The number of esters is 4. The molecule has 200 valence electrons. The van der Waals surface area contributed by atoms with Crippen molar-refractivity contribution in [3.63, 3.8) is 0 Å². The van der Waals surface area contributed by atoms with Gasteiger partial charge in [-0.15, -0.1) is 0 Å². The standard InChI is InChI=1S/C23H22F3NO10/c1-9(28)32-8-17-20(34-10(2)29)18(21(35-11(3)30)23(37-17)36-12(4)31)22-27-16(7-33-22)13-5-14(24)19(26)15(25)6-13/h5-7,17-18,20-21,23H,8H2,1-4H3/t17-,18+,20+,21-,23+/m1/s1. The Bertz CT molecular complexity index is 1180. The van der Waals surface area contributed by atoms with Gasteiger partial charge in [-0.3, -0.25) is 19.2 Å². The Labute approximate surface area is 207 Å². The van der Waals surface area contributed by atoms with Gasteiger partial charge in [0.05, 0.1) is 0 Å². The molecule has 0 saturated carbocycles. The van der Waals surface area contributed by atoms with Gasteiger partial charge in [-0.05, 0) is 12.1 Å². The summed E-state index contributed by atoms with van der Waals surface area (Å²) in [4.78, 5) is 51.2. The Kier molecular flexibility index (Phi) is 8.53.